The van der Waals surface area contributed by atoms with Crippen LogP contribution >= 0.6 is 50.5 Å². The number of anilines is 3. The first-order valence-corrected chi connectivity index (χ1v) is 28.4. The van der Waals surface area contributed by atoms with Gasteiger partial charge in [0.1, 0.15) is 39.2 Å². The summed E-state index contributed by atoms with van der Waals surface area (Å²) >= 11 is 19.7. The van der Waals surface area contributed by atoms with E-state index in [-0.39, 0.29) is 78.2 Å². The fraction of sp³-hybridized carbons (Fsp3) is 0.0980. The lowest BCUT2D eigenvalue weighted by molar-refractivity contribution is -0.138. The molecule has 11 heterocycles. The summed E-state index contributed by atoms with van der Waals surface area (Å²) in [6, 6.07) is 14.6. The standard InChI is InChI=1S/C19H10F6N6.C13H6ClF3N4.C13H7F3N4O.C6H5F3N2.Cl3OP/c20-18(21,22)11-3-4-15(27-8-11)30-14-9-29-31-13-6-10(7-28-17(13)14)16-12(19(23,24)25)2-1-5-26-16;14-9-6-20-21-10-4-7(5-19-12(9)10)11-8(13(15,16)17)2-1-3-18-11;14-13(15,16)8-2-1-3-17-11(8)7-4-9-12(18-5-7)10(21)6-19-20-9;7-6(8,9)4-1-2-5(10)11-3-4;1-5(2,3)4/h1-9H,(H,27,30,31);1-6H;1-6H,(H,20,21);1-3H,(H2,10,11);. The number of alkyl halides is 15. The summed E-state index contributed by atoms with van der Waals surface area (Å²) in [5.41, 5.74) is 1.74. The van der Waals surface area contributed by atoms with Gasteiger partial charge < -0.3 is 11.1 Å². The van der Waals surface area contributed by atoms with Crippen molar-refractivity contribution >= 4 is 101 Å². The van der Waals surface area contributed by atoms with Crippen molar-refractivity contribution in [1.29, 1.82) is 0 Å². The summed E-state index contributed by atoms with van der Waals surface area (Å²) in [5, 5.41) is 21.1. The zero-order valence-corrected chi connectivity index (χ0v) is 47.1. The van der Waals surface area contributed by atoms with Gasteiger partial charge in [-0.05, 0) is 113 Å². The Labute approximate surface area is 505 Å². The van der Waals surface area contributed by atoms with E-state index in [0.717, 1.165) is 48.7 Å². The van der Waals surface area contributed by atoms with Gasteiger partial charge in [-0.25, -0.2) is 15.0 Å². The average molecular weight is 1350 g/mol. The summed E-state index contributed by atoms with van der Waals surface area (Å²) in [6.45, 7) is 0. The fourth-order valence-electron chi connectivity index (χ4n) is 7.25. The van der Waals surface area contributed by atoms with Crippen LogP contribution in [-0.4, -0.2) is 70.5 Å². The van der Waals surface area contributed by atoms with E-state index in [0.29, 0.717) is 23.4 Å². The monoisotopic (exact) mass is 1350 g/mol. The van der Waals surface area contributed by atoms with Crippen molar-refractivity contribution in [2.45, 2.75) is 30.9 Å². The van der Waals surface area contributed by atoms with Crippen molar-refractivity contribution in [2.24, 2.45) is 0 Å². The van der Waals surface area contributed by atoms with Gasteiger partial charge >= 0.3 is 36.1 Å². The number of aromatic nitrogens is 14. The molecular weight excluding hydrogens is 1330 g/mol. The van der Waals surface area contributed by atoms with E-state index in [1.165, 1.54) is 86.0 Å². The van der Waals surface area contributed by atoms with E-state index in [1.54, 1.807) is 0 Å². The minimum absolute atomic E-state index is 0.0815. The molecule has 0 unspecified atom stereocenters. The van der Waals surface area contributed by atoms with Gasteiger partial charge in [0, 0.05) is 66.3 Å². The van der Waals surface area contributed by atoms with Gasteiger partial charge in [0.2, 0.25) is 5.43 Å². The first-order valence-electron chi connectivity index (χ1n) is 23.6. The largest absolute Gasteiger partial charge is 0.418 e. The Hall–Kier alpha value is -9.04. The molecule has 0 aromatic carbocycles. The van der Waals surface area contributed by atoms with Crippen molar-refractivity contribution < 1.29 is 70.4 Å². The highest BCUT2D eigenvalue weighted by Crippen LogP contribution is 2.61. The average Bonchev–Trinajstić information content (AvgIpc) is 1.22. The summed E-state index contributed by atoms with van der Waals surface area (Å²) in [5.74, 6) is 0.176. The predicted octanol–water partition coefficient (Wildman–Crippen LogP) is 15.9. The molecule has 18 nitrogen and oxygen atoms in total. The predicted molar refractivity (Wildman–Crippen MR) is 296 cm³/mol. The van der Waals surface area contributed by atoms with E-state index < -0.39 is 69.3 Å². The maximum Gasteiger partial charge on any atom is 0.418 e. The van der Waals surface area contributed by atoms with Gasteiger partial charge in [0.25, 0.3) is 0 Å². The number of fused-ring (bicyclic) bond motifs is 3. The highest BCUT2D eigenvalue weighted by atomic mass is 36.0. The molecule has 11 rings (SSSR count). The normalized spacial score (nSPS) is 11.9. The Kier molecular flexibility index (Phi) is 20.9. The molecule has 0 aliphatic heterocycles. The van der Waals surface area contributed by atoms with Crippen LogP contribution in [0, 0.1) is 0 Å². The Morgan fingerprint density at radius 1 is 0.472 bits per heavy atom. The second kappa shape index (κ2) is 27.6. The highest BCUT2D eigenvalue weighted by Gasteiger charge is 2.37. The molecule has 0 bridgehead atoms. The van der Waals surface area contributed by atoms with Crippen LogP contribution in [0.25, 0.3) is 66.9 Å². The van der Waals surface area contributed by atoms with Gasteiger partial charge in [-0.1, -0.05) is 11.6 Å². The molecule has 0 aliphatic rings. The molecule has 0 atom stereocenters. The maximum atomic E-state index is 13.3. The lowest BCUT2D eigenvalue weighted by atomic mass is 10.1. The number of nitrogens with zero attached hydrogens (tertiary/aromatic N) is 13. The van der Waals surface area contributed by atoms with E-state index in [9.17, 15) is 75.2 Å². The van der Waals surface area contributed by atoms with Crippen LogP contribution in [0.1, 0.15) is 27.8 Å². The lowest BCUT2D eigenvalue weighted by Crippen LogP contribution is -2.09. The quantitative estimate of drug-likeness (QED) is 0.107. The molecule has 38 heteroatoms. The molecule has 4 N–H and O–H groups in total. The van der Waals surface area contributed by atoms with Gasteiger partial charge in [-0.3, -0.25) is 39.4 Å². The number of nitrogens with two attached hydrogens (primary N) is 1. The Balaban J connectivity index is 0.000000172. The van der Waals surface area contributed by atoms with Crippen LogP contribution in [0.3, 0.4) is 0 Å². The third kappa shape index (κ3) is 18.5. The number of aromatic amines is 1. The summed E-state index contributed by atoms with van der Waals surface area (Å²) in [6.07, 6.45) is -10.0. The van der Waals surface area contributed by atoms with Crippen molar-refractivity contribution in [3.8, 4) is 33.8 Å². The smallest absolute Gasteiger partial charge is 0.384 e. The third-order valence-corrected chi connectivity index (χ3v) is 11.3. The molecule has 0 amide bonds. The zero-order valence-electron chi connectivity index (χ0n) is 43.2. The fourth-order valence-corrected chi connectivity index (χ4v) is 7.44. The Morgan fingerprint density at radius 3 is 1.34 bits per heavy atom. The van der Waals surface area contributed by atoms with Crippen molar-refractivity contribution in [3.63, 3.8) is 0 Å². The zero-order chi connectivity index (χ0) is 65.3. The summed E-state index contributed by atoms with van der Waals surface area (Å²) in [7, 11) is 0. The first-order chi connectivity index (χ1) is 41.6. The maximum absolute atomic E-state index is 13.3. The molecule has 0 spiro atoms. The molecule has 0 saturated heterocycles. The molecule has 462 valence electrons. The molecule has 89 heavy (non-hydrogen) atoms. The number of H-pyrrole nitrogens is 1. The van der Waals surface area contributed by atoms with Crippen LogP contribution in [0.4, 0.5) is 83.2 Å². The number of rotatable bonds is 5. The molecule has 11 aromatic heterocycles. The van der Waals surface area contributed by atoms with E-state index >= 15 is 0 Å². The molecule has 0 aliphatic carbocycles. The minimum Gasteiger partial charge on any atom is -0.384 e. The van der Waals surface area contributed by atoms with Gasteiger partial charge in [-0.2, -0.15) is 81.2 Å². The minimum atomic E-state index is -4.61. The molecule has 0 saturated carbocycles. The molecule has 11 aromatic rings. The van der Waals surface area contributed by atoms with Crippen LogP contribution in [0.2, 0.25) is 5.02 Å². The number of hydrogen-bond donors (Lipinski definition) is 3. The Morgan fingerprint density at radius 2 is 0.899 bits per heavy atom. The first kappa shape index (κ1) is 67.5. The molecular formula is C51H28Cl4F15N16O2P. The van der Waals surface area contributed by atoms with Crippen LogP contribution < -0.4 is 16.5 Å². The SMILES string of the molecule is FC(F)(F)c1ccc(Nc2cnnc3cc(-c4ncccc4C(F)(F)F)cnc23)nc1.FC(F)(F)c1cccnc1-c1cnc2c(Cl)cnnc2c1.Nc1ccc(C(F)(F)F)cn1.O=P(Cl)(Cl)Cl.O=c1cn[nH]c2cc(-c3ncccc3C(F)(F)F)cnc12. The third-order valence-electron chi connectivity index (χ3n) is 11.0. The van der Waals surface area contributed by atoms with Crippen molar-refractivity contribution in [3.05, 3.63) is 190 Å². The van der Waals surface area contributed by atoms with Gasteiger partial charge in [0.15, 0.2) is 0 Å². The number of pyridine rings is 8. The Bertz CT molecular complexity index is 4390. The second-order valence-electron chi connectivity index (χ2n) is 17.1. The summed E-state index contributed by atoms with van der Waals surface area (Å²) < 4.78 is 201. The number of nitrogen functional groups attached to an aromatic ring is 1. The highest BCUT2D eigenvalue weighted by molar-refractivity contribution is 8.24. The van der Waals surface area contributed by atoms with Crippen molar-refractivity contribution in [2.75, 3.05) is 11.1 Å². The van der Waals surface area contributed by atoms with Crippen LogP contribution in [0.5, 0.6) is 0 Å². The van der Waals surface area contributed by atoms with E-state index in [4.69, 9.17) is 17.3 Å². The van der Waals surface area contributed by atoms with E-state index in [2.05, 4.69) is 110 Å². The van der Waals surface area contributed by atoms with E-state index in [1.807, 2.05) is 0 Å². The molecule has 0 radical (unpaired) electrons. The second-order valence-corrected chi connectivity index (χ2v) is 24.2. The van der Waals surface area contributed by atoms with Crippen LogP contribution in [0.15, 0.2) is 152 Å². The number of halogens is 19. The molecule has 0 fully saturated rings. The van der Waals surface area contributed by atoms with Gasteiger partial charge in [0.05, 0.1) is 79.7 Å². The topological polar surface area (TPSA) is 256 Å². The number of hydrogen-bond acceptors (Lipinski definition) is 17. The van der Waals surface area contributed by atoms with Crippen LogP contribution in [-0.2, 0) is 35.4 Å². The summed E-state index contributed by atoms with van der Waals surface area (Å²) in [4.78, 5) is 42.0. The van der Waals surface area contributed by atoms with Gasteiger partial charge in [-0.15, -0.1) is 10.2 Å². The lowest BCUT2D eigenvalue weighted by Gasteiger charge is -2.12. The number of nitrogens with one attached hydrogen (secondary N) is 2. The van der Waals surface area contributed by atoms with Crippen molar-refractivity contribution in [1.82, 2.24) is 70.5 Å².